The van der Waals surface area contributed by atoms with Crippen molar-refractivity contribution in [1.29, 1.82) is 0 Å². The van der Waals surface area contributed by atoms with Gasteiger partial charge in [-0.1, -0.05) is 72.8 Å². The van der Waals surface area contributed by atoms with E-state index in [-0.39, 0.29) is 0 Å². The number of benzene rings is 6. The number of hydrogen-bond acceptors (Lipinski definition) is 1. The van der Waals surface area contributed by atoms with E-state index in [0.29, 0.717) is 0 Å². The second kappa shape index (κ2) is 7.78. The molecule has 4 nitrogen and oxygen atoms in total. The molecule has 4 heteroatoms. The van der Waals surface area contributed by atoms with E-state index in [9.17, 15) is 0 Å². The van der Waals surface area contributed by atoms with Gasteiger partial charge < -0.3 is 15.0 Å². The van der Waals surface area contributed by atoms with Crippen molar-refractivity contribution in [1.82, 2.24) is 13.8 Å². The third-order valence-electron chi connectivity index (χ3n) is 8.45. The van der Waals surface area contributed by atoms with Crippen LogP contribution in [0.4, 0.5) is 0 Å². The van der Waals surface area contributed by atoms with Gasteiger partial charge in [-0.15, -0.1) is 0 Å². The minimum absolute atomic E-state index is 1.01. The lowest BCUT2D eigenvalue weighted by Crippen LogP contribution is -2.06. The van der Waals surface area contributed by atoms with Crippen LogP contribution < -0.4 is 5.84 Å². The van der Waals surface area contributed by atoms with E-state index in [1.807, 2.05) is 4.68 Å². The Bertz CT molecular complexity index is 2170. The molecule has 0 saturated carbocycles. The first kappa shape index (κ1) is 21.5. The van der Waals surface area contributed by atoms with Crippen LogP contribution in [-0.4, -0.2) is 13.8 Å². The van der Waals surface area contributed by atoms with Crippen molar-refractivity contribution in [2.45, 2.75) is 0 Å². The lowest BCUT2D eigenvalue weighted by molar-refractivity contribution is 1.11. The van der Waals surface area contributed by atoms with Gasteiger partial charge in [-0.3, -0.25) is 4.68 Å². The Labute approximate surface area is 229 Å². The highest BCUT2D eigenvalue weighted by Crippen LogP contribution is 2.37. The van der Waals surface area contributed by atoms with Crippen LogP contribution in [0.1, 0.15) is 0 Å². The number of para-hydroxylation sites is 4. The van der Waals surface area contributed by atoms with Crippen molar-refractivity contribution in [3.63, 3.8) is 0 Å². The molecule has 0 radical (unpaired) electrons. The smallest absolute Gasteiger partial charge is 0.0705 e. The minimum Gasteiger partial charge on any atom is -0.339 e. The highest BCUT2D eigenvalue weighted by atomic mass is 15.3. The van der Waals surface area contributed by atoms with E-state index in [1.165, 1.54) is 43.6 Å². The van der Waals surface area contributed by atoms with Gasteiger partial charge >= 0.3 is 0 Å². The minimum atomic E-state index is 1.01. The number of nitrogens with two attached hydrogens (primary N) is 1. The molecule has 0 saturated heterocycles. The topological polar surface area (TPSA) is 40.8 Å². The Morgan fingerprint density at radius 2 is 0.650 bits per heavy atom. The molecule has 188 valence electrons. The van der Waals surface area contributed by atoms with Gasteiger partial charge in [-0.2, -0.15) is 0 Å². The first-order valence-corrected chi connectivity index (χ1v) is 13.6. The van der Waals surface area contributed by atoms with Crippen molar-refractivity contribution < 1.29 is 0 Å². The average Bonchev–Trinajstić information content (AvgIpc) is 3.63. The SMILES string of the molecule is Nn1c2ccc(-n3c4ccccc4c4ccccc43)cc2c2cc(-n3c4ccccc4c4ccccc43)ccc21. The van der Waals surface area contributed by atoms with Gasteiger partial charge in [-0.05, 0) is 60.7 Å². The first-order valence-electron chi connectivity index (χ1n) is 13.6. The largest absolute Gasteiger partial charge is 0.339 e. The van der Waals surface area contributed by atoms with Crippen LogP contribution in [0, 0.1) is 0 Å². The van der Waals surface area contributed by atoms with Crippen LogP contribution in [-0.2, 0) is 0 Å². The summed E-state index contributed by atoms with van der Waals surface area (Å²) in [5, 5.41) is 7.31. The molecule has 0 amide bonds. The van der Waals surface area contributed by atoms with E-state index >= 15 is 0 Å². The second-order valence-corrected chi connectivity index (χ2v) is 10.5. The number of fused-ring (bicyclic) bond motifs is 9. The summed E-state index contributed by atoms with van der Waals surface area (Å²) >= 11 is 0. The molecule has 3 heterocycles. The fourth-order valence-electron chi connectivity index (χ4n) is 6.71. The van der Waals surface area contributed by atoms with Crippen LogP contribution in [0.3, 0.4) is 0 Å². The van der Waals surface area contributed by atoms with Crippen LogP contribution in [0.25, 0.3) is 76.8 Å². The standard InChI is InChI=1S/C36H24N4/c37-40-35-19-17-23(38-31-13-5-1-9-25(31)26-10-2-6-14-32(26)38)21-29(35)30-22-24(18-20-36(30)40)39-33-15-7-3-11-27(33)28-12-4-8-16-34(28)39/h1-22H,37H2. The molecule has 0 atom stereocenters. The number of aromatic nitrogens is 3. The Balaban J connectivity index is 1.34. The summed E-state index contributed by atoms with van der Waals surface area (Å²) in [6.07, 6.45) is 0. The lowest BCUT2D eigenvalue weighted by Gasteiger charge is -2.09. The maximum absolute atomic E-state index is 6.68. The zero-order valence-corrected chi connectivity index (χ0v) is 21.6. The third kappa shape index (κ3) is 2.74. The molecule has 9 aromatic rings. The zero-order valence-electron chi connectivity index (χ0n) is 21.6. The summed E-state index contributed by atoms with van der Waals surface area (Å²) in [6, 6.07) is 47.7. The zero-order chi connectivity index (χ0) is 26.4. The Morgan fingerprint density at radius 1 is 0.325 bits per heavy atom. The summed E-state index contributed by atoms with van der Waals surface area (Å²) in [6.45, 7) is 0. The van der Waals surface area contributed by atoms with Gasteiger partial charge in [0.1, 0.15) is 0 Å². The summed E-state index contributed by atoms with van der Waals surface area (Å²) in [7, 11) is 0. The molecule has 0 aliphatic heterocycles. The second-order valence-electron chi connectivity index (χ2n) is 10.5. The Morgan fingerprint density at radius 3 is 1.00 bits per heavy atom. The van der Waals surface area contributed by atoms with Gasteiger partial charge in [-0.25, -0.2) is 0 Å². The van der Waals surface area contributed by atoms with Crippen LogP contribution >= 0.6 is 0 Å². The molecule has 0 unspecified atom stereocenters. The van der Waals surface area contributed by atoms with Gasteiger partial charge in [0.05, 0.1) is 33.1 Å². The molecule has 40 heavy (non-hydrogen) atoms. The van der Waals surface area contributed by atoms with Crippen molar-refractivity contribution in [3.05, 3.63) is 133 Å². The fourth-order valence-corrected chi connectivity index (χ4v) is 6.71. The molecular formula is C36H24N4. The molecule has 0 aliphatic rings. The predicted octanol–water partition coefficient (Wildman–Crippen LogP) is 8.70. The maximum Gasteiger partial charge on any atom is 0.0705 e. The highest BCUT2D eigenvalue weighted by molar-refractivity contribution is 6.13. The highest BCUT2D eigenvalue weighted by Gasteiger charge is 2.17. The lowest BCUT2D eigenvalue weighted by atomic mass is 10.1. The number of nitrogens with zero attached hydrogens (tertiary/aromatic N) is 3. The summed E-state index contributed by atoms with van der Waals surface area (Å²) in [4.78, 5) is 0. The van der Waals surface area contributed by atoms with E-state index in [1.54, 1.807) is 0 Å². The van der Waals surface area contributed by atoms with Crippen LogP contribution in [0.2, 0.25) is 0 Å². The molecule has 0 fully saturated rings. The van der Waals surface area contributed by atoms with Gasteiger partial charge in [0.15, 0.2) is 0 Å². The molecule has 3 aromatic heterocycles. The number of rotatable bonds is 2. The summed E-state index contributed by atoms with van der Waals surface area (Å²) < 4.78 is 6.54. The quantitative estimate of drug-likeness (QED) is 0.231. The summed E-state index contributed by atoms with van der Waals surface area (Å²) in [5.41, 5.74) is 9.07. The Hall–Kier alpha value is -5.48. The van der Waals surface area contributed by atoms with Crippen molar-refractivity contribution in [2.75, 3.05) is 5.84 Å². The molecule has 0 spiro atoms. The van der Waals surface area contributed by atoms with E-state index in [2.05, 4.69) is 143 Å². The van der Waals surface area contributed by atoms with Gasteiger partial charge in [0, 0.05) is 43.7 Å². The van der Waals surface area contributed by atoms with Crippen LogP contribution in [0.15, 0.2) is 133 Å². The molecule has 0 bridgehead atoms. The van der Waals surface area contributed by atoms with Gasteiger partial charge in [0.25, 0.3) is 0 Å². The van der Waals surface area contributed by atoms with Crippen molar-refractivity contribution >= 4 is 65.4 Å². The Kier molecular flexibility index (Phi) is 4.17. The van der Waals surface area contributed by atoms with Crippen LogP contribution in [0.5, 0.6) is 0 Å². The van der Waals surface area contributed by atoms with Crippen molar-refractivity contribution in [3.8, 4) is 11.4 Å². The molecule has 2 N–H and O–H groups in total. The maximum atomic E-state index is 6.68. The average molecular weight is 513 g/mol. The van der Waals surface area contributed by atoms with Crippen molar-refractivity contribution in [2.24, 2.45) is 0 Å². The number of hydrogen-bond donors (Lipinski definition) is 1. The molecule has 9 rings (SSSR count). The first-order chi connectivity index (χ1) is 19.8. The van der Waals surface area contributed by atoms with E-state index in [4.69, 9.17) is 5.84 Å². The van der Waals surface area contributed by atoms with E-state index in [0.717, 1.165) is 33.2 Å². The third-order valence-corrected chi connectivity index (χ3v) is 8.45. The number of nitrogen functional groups attached to an aromatic ring is 1. The summed E-state index contributed by atoms with van der Waals surface area (Å²) in [5.74, 6) is 6.68. The fraction of sp³-hybridized carbons (Fsp3) is 0. The molecule has 0 aliphatic carbocycles. The monoisotopic (exact) mass is 512 g/mol. The predicted molar refractivity (Wildman–Crippen MR) is 168 cm³/mol. The molecular weight excluding hydrogens is 488 g/mol. The van der Waals surface area contributed by atoms with E-state index < -0.39 is 0 Å². The van der Waals surface area contributed by atoms with Gasteiger partial charge in [0.2, 0.25) is 0 Å². The normalized spacial score (nSPS) is 12.1. The molecule has 6 aromatic carbocycles.